The Labute approximate surface area is 376 Å². The van der Waals surface area contributed by atoms with E-state index >= 15 is 4.39 Å². The van der Waals surface area contributed by atoms with E-state index in [2.05, 4.69) is 21.0 Å². The van der Waals surface area contributed by atoms with Crippen molar-refractivity contribution in [3.8, 4) is 11.1 Å². The number of fused-ring (bicyclic) bond motifs is 2. The van der Waals surface area contributed by atoms with Gasteiger partial charge >= 0.3 is 5.97 Å². The van der Waals surface area contributed by atoms with Gasteiger partial charge < -0.3 is 44.9 Å². The van der Waals surface area contributed by atoms with Gasteiger partial charge in [0.2, 0.25) is 23.6 Å². The van der Waals surface area contributed by atoms with Gasteiger partial charge in [0.05, 0.1) is 75.7 Å². The molecule has 0 spiro atoms. The van der Waals surface area contributed by atoms with Crippen LogP contribution in [0.25, 0.3) is 32.9 Å². The number of aryl methyl sites for hydroxylation is 1. The number of ether oxygens (including phenoxy) is 4. The summed E-state index contributed by atoms with van der Waals surface area (Å²) in [6.45, 7) is 3.67. The summed E-state index contributed by atoms with van der Waals surface area (Å²) in [5, 5.41) is 26.8. The lowest BCUT2D eigenvalue weighted by atomic mass is 9.88. The second-order valence-electron chi connectivity index (χ2n) is 15.4. The molecule has 4 amide bonds. The van der Waals surface area contributed by atoms with Gasteiger partial charge in [-0.3, -0.25) is 33.3 Å². The number of unbranched alkanes of at least 4 members (excludes halogenated alkanes) is 3. The van der Waals surface area contributed by atoms with Crippen LogP contribution in [0.3, 0.4) is 0 Å². The zero-order valence-corrected chi connectivity index (χ0v) is 37.2. The number of aromatic nitrogens is 4. The monoisotopic (exact) mass is 914 g/mol. The number of hydrogen-bond donors (Lipinski definition) is 4. The van der Waals surface area contributed by atoms with Crippen LogP contribution in [0.2, 0.25) is 0 Å². The van der Waals surface area contributed by atoms with Gasteiger partial charge in [0.1, 0.15) is 18.9 Å². The molecule has 18 nitrogen and oxygen atoms in total. The average molecular weight is 915 g/mol. The largest absolute Gasteiger partial charge is 0.480 e. The van der Waals surface area contributed by atoms with E-state index in [0.29, 0.717) is 118 Å². The van der Waals surface area contributed by atoms with Crippen LogP contribution in [-0.4, -0.2) is 151 Å². The summed E-state index contributed by atoms with van der Waals surface area (Å²) < 4.78 is 41.1. The van der Waals surface area contributed by atoms with Crippen molar-refractivity contribution in [3.05, 3.63) is 48.0 Å². The molecule has 2 aromatic heterocycles. The van der Waals surface area contributed by atoms with Crippen molar-refractivity contribution in [2.75, 3.05) is 91.5 Å². The molecule has 0 aliphatic carbocycles. The Bertz CT molecular complexity index is 2160. The van der Waals surface area contributed by atoms with E-state index in [0.717, 1.165) is 37.8 Å². The predicted octanol–water partition coefficient (Wildman–Crippen LogP) is 3.51. The molecule has 0 saturated carbocycles. The van der Waals surface area contributed by atoms with Crippen LogP contribution in [0.15, 0.2) is 36.5 Å². The minimum atomic E-state index is -1.21. The van der Waals surface area contributed by atoms with Crippen molar-refractivity contribution in [1.29, 1.82) is 0 Å². The normalized spacial score (nSPS) is 13.1. The molecule has 3 heterocycles. The number of likely N-dealkylation sites (tertiary alicyclic amines) is 1. The smallest absolute Gasteiger partial charge is 0.322 e. The van der Waals surface area contributed by atoms with Crippen molar-refractivity contribution < 1.29 is 52.4 Å². The van der Waals surface area contributed by atoms with E-state index in [1.807, 2.05) is 0 Å². The molecule has 5 rings (SSSR count). The van der Waals surface area contributed by atoms with E-state index in [1.165, 1.54) is 10.7 Å². The van der Waals surface area contributed by atoms with Gasteiger partial charge in [-0.15, -0.1) is 11.6 Å². The summed E-state index contributed by atoms with van der Waals surface area (Å²) in [7, 11) is 1.77. The molecular formula is C44H60ClFN8O10. The summed E-state index contributed by atoms with van der Waals surface area (Å²) in [6.07, 6.45) is 7.09. The second kappa shape index (κ2) is 26.5. The highest BCUT2D eigenvalue weighted by molar-refractivity contribution is 6.17. The van der Waals surface area contributed by atoms with Crippen LogP contribution in [0.5, 0.6) is 0 Å². The number of nitrogens with zero attached hydrogens (tertiary/aromatic N) is 5. The fourth-order valence-corrected chi connectivity index (χ4v) is 7.61. The number of carbonyl (C=O) groups excluding carboxylic acids is 4. The number of aliphatic carboxylic acids is 1. The highest BCUT2D eigenvalue weighted by atomic mass is 35.5. The molecule has 2 aromatic carbocycles. The number of carboxylic acids is 1. The third-order valence-corrected chi connectivity index (χ3v) is 11.0. The summed E-state index contributed by atoms with van der Waals surface area (Å²) in [5.41, 5.74) is 2.87. The third-order valence-electron chi connectivity index (χ3n) is 10.8. The minimum absolute atomic E-state index is 0.0374. The quantitative estimate of drug-likeness (QED) is 0.0455. The maximum Gasteiger partial charge on any atom is 0.322 e. The molecule has 0 bridgehead atoms. The van der Waals surface area contributed by atoms with Gasteiger partial charge in [-0.1, -0.05) is 25.0 Å². The number of carboxylic acid groups (broad SMARTS) is 1. The summed E-state index contributed by atoms with van der Waals surface area (Å²) in [6, 6.07) is 8.53. The summed E-state index contributed by atoms with van der Waals surface area (Å²) in [4.78, 5) is 63.4. The summed E-state index contributed by atoms with van der Waals surface area (Å²) >= 11 is 5.67. The zero-order chi connectivity index (χ0) is 45.7. The van der Waals surface area contributed by atoms with E-state index < -0.39 is 36.7 Å². The molecule has 0 unspecified atom stereocenters. The van der Waals surface area contributed by atoms with Crippen LogP contribution >= 0.6 is 11.6 Å². The molecule has 4 N–H and O–H groups in total. The molecule has 20 heteroatoms. The van der Waals surface area contributed by atoms with Crippen molar-refractivity contribution >= 4 is 63.0 Å². The third kappa shape index (κ3) is 15.5. The SMILES string of the molecule is Cn1ncc2cc(F)c(-c3cccc4c3c(C3CCN(C(=O)CCC(=O)NCCOCCOCCOCCOCCCCCCCl)CC3)nn4CC(=O)NCC(=O)NCC(=O)O)cc21. The van der Waals surface area contributed by atoms with Gasteiger partial charge in [0.25, 0.3) is 0 Å². The van der Waals surface area contributed by atoms with E-state index in [9.17, 15) is 24.0 Å². The Morgan fingerprint density at radius 3 is 2.16 bits per heavy atom. The van der Waals surface area contributed by atoms with Crippen LogP contribution in [0, 0.1) is 5.82 Å². The lowest BCUT2D eigenvalue weighted by Gasteiger charge is -2.31. The Balaban J connectivity index is 1.06. The first-order chi connectivity index (χ1) is 31.0. The Hall–Kier alpha value is -5.21. The maximum absolute atomic E-state index is 15.8. The topological polar surface area (TPSA) is 217 Å². The lowest BCUT2D eigenvalue weighted by Crippen LogP contribution is -2.40. The van der Waals surface area contributed by atoms with Crippen molar-refractivity contribution in [1.82, 2.24) is 40.4 Å². The van der Waals surface area contributed by atoms with Crippen molar-refractivity contribution in [2.45, 2.75) is 63.8 Å². The highest BCUT2D eigenvalue weighted by Crippen LogP contribution is 2.40. The van der Waals surface area contributed by atoms with E-state index in [4.69, 9.17) is 40.8 Å². The number of benzene rings is 2. The Morgan fingerprint density at radius 1 is 0.781 bits per heavy atom. The van der Waals surface area contributed by atoms with Crippen LogP contribution in [0.1, 0.15) is 63.0 Å². The number of alkyl halides is 1. The van der Waals surface area contributed by atoms with Crippen LogP contribution in [-0.2, 0) is 56.5 Å². The molecule has 1 aliphatic rings. The van der Waals surface area contributed by atoms with Gasteiger partial charge in [-0.25, -0.2) is 4.39 Å². The molecule has 0 atom stereocenters. The fraction of sp³-hybridized carbons (Fsp3) is 0.568. The van der Waals surface area contributed by atoms with Gasteiger partial charge in [-0.2, -0.15) is 10.2 Å². The molecule has 1 fully saturated rings. The maximum atomic E-state index is 15.8. The lowest BCUT2D eigenvalue weighted by molar-refractivity contribution is -0.137. The minimum Gasteiger partial charge on any atom is -0.480 e. The zero-order valence-electron chi connectivity index (χ0n) is 36.4. The standard InChI is InChI=1S/C44H60ClFN8O10/c1-52-37-26-34(35(46)25-32(37)27-50-52)33-7-6-8-36-43(33)44(51-54(36)30-40(57)48-28-39(56)49-29-42(59)60)31-11-15-53(16-12-31)41(58)10-9-38(55)47-14-18-62-20-22-64-24-23-63-21-19-61-17-5-3-2-4-13-45/h6-8,25-27,31H,2-5,9-24,28-30H2,1H3,(H,47,55)(H,48,57)(H,49,56)(H,59,60). The number of halogens is 2. The first kappa shape index (κ1) is 49.8. The molecule has 0 radical (unpaired) electrons. The highest BCUT2D eigenvalue weighted by Gasteiger charge is 2.30. The second-order valence-corrected chi connectivity index (χ2v) is 15.8. The Kier molecular flexibility index (Phi) is 20.7. The van der Waals surface area contributed by atoms with Crippen molar-refractivity contribution in [3.63, 3.8) is 0 Å². The first-order valence-corrected chi connectivity index (χ1v) is 22.4. The predicted molar refractivity (Wildman–Crippen MR) is 236 cm³/mol. The molecule has 1 aliphatic heterocycles. The average Bonchev–Trinajstić information content (AvgIpc) is 3.84. The van der Waals surface area contributed by atoms with Crippen molar-refractivity contribution in [2.24, 2.45) is 7.05 Å². The fourth-order valence-electron chi connectivity index (χ4n) is 7.42. The number of hydrogen-bond acceptors (Lipinski definition) is 11. The number of carbonyl (C=O) groups is 5. The van der Waals surface area contributed by atoms with Crippen LogP contribution in [0.4, 0.5) is 4.39 Å². The number of amides is 4. The van der Waals surface area contributed by atoms with E-state index in [1.54, 1.807) is 47.1 Å². The van der Waals surface area contributed by atoms with Gasteiger partial charge in [-0.05, 0) is 49.4 Å². The number of rotatable bonds is 29. The molecule has 1 saturated heterocycles. The van der Waals surface area contributed by atoms with E-state index in [-0.39, 0.29) is 37.1 Å². The summed E-state index contributed by atoms with van der Waals surface area (Å²) in [5.74, 6) is -2.69. The van der Waals surface area contributed by atoms with Crippen LogP contribution < -0.4 is 16.0 Å². The number of piperidine rings is 1. The Morgan fingerprint density at radius 2 is 1.45 bits per heavy atom. The number of nitrogens with one attached hydrogen (secondary N) is 3. The van der Waals surface area contributed by atoms with Gasteiger partial charge in [0, 0.05) is 74.3 Å². The molecular weight excluding hydrogens is 855 g/mol. The van der Waals surface area contributed by atoms with Gasteiger partial charge in [0.15, 0.2) is 0 Å². The molecule has 350 valence electrons. The first-order valence-electron chi connectivity index (χ1n) is 21.8. The molecule has 4 aromatic rings. The molecule has 64 heavy (non-hydrogen) atoms.